The van der Waals surface area contributed by atoms with Gasteiger partial charge in [0.05, 0.1) is 19.0 Å². The molecule has 0 aliphatic heterocycles. The van der Waals surface area contributed by atoms with Crippen molar-refractivity contribution in [3.63, 3.8) is 0 Å². The number of nitrogens with two attached hydrogens (primary N) is 3. The van der Waals surface area contributed by atoms with Gasteiger partial charge in [-0.05, 0) is 19.8 Å². The van der Waals surface area contributed by atoms with Crippen LogP contribution in [0.15, 0.2) is 4.99 Å². The molecule has 0 saturated carbocycles. The molecule has 11 N–H and O–H groups in total. The summed E-state index contributed by atoms with van der Waals surface area (Å²) in [6.07, 6.45) is -0.236. The molecule has 164 valence electrons. The first-order valence-corrected chi connectivity index (χ1v) is 8.57. The van der Waals surface area contributed by atoms with Crippen molar-refractivity contribution in [3.05, 3.63) is 0 Å². The van der Waals surface area contributed by atoms with Crippen LogP contribution in [-0.4, -0.2) is 77.0 Å². The van der Waals surface area contributed by atoms with Gasteiger partial charge >= 0.3 is 11.9 Å². The number of nitrogens with zero attached hydrogens (tertiary/aromatic N) is 1. The third kappa shape index (κ3) is 11.8. The topological polar surface area (TPSA) is 252 Å². The number of carbonyl (C=O) groups excluding carboxylic acids is 3. The van der Waals surface area contributed by atoms with Gasteiger partial charge in [-0.3, -0.25) is 24.2 Å². The monoisotopic (exact) mass is 417 g/mol. The van der Waals surface area contributed by atoms with Gasteiger partial charge in [0.1, 0.15) is 12.1 Å². The molecular formula is C15H27N7O7. The lowest BCUT2D eigenvalue weighted by Crippen LogP contribution is -2.52. The second-order valence-electron chi connectivity index (χ2n) is 6.06. The molecule has 29 heavy (non-hydrogen) atoms. The summed E-state index contributed by atoms with van der Waals surface area (Å²) in [5.41, 5.74) is 15.7. The number of amides is 3. The van der Waals surface area contributed by atoms with E-state index in [-0.39, 0.29) is 18.9 Å². The Kier molecular flexibility index (Phi) is 11.4. The van der Waals surface area contributed by atoms with Crippen LogP contribution in [0.4, 0.5) is 0 Å². The van der Waals surface area contributed by atoms with Crippen LogP contribution in [0.1, 0.15) is 26.2 Å². The average molecular weight is 417 g/mol. The van der Waals surface area contributed by atoms with E-state index in [4.69, 9.17) is 27.4 Å². The summed E-state index contributed by atoms with van der Waals surface area (Å²) in [5, 5.41) is 24.4. The number of nitrogens with one attached hydrogen (secondary N) is 3. The van der Waals surface area contributed by atoms with E-state index in [1.807, 2.05) is 0 Å². The molecule has 0 spiro atoms. The second kappa shape index (κ2) is 12.9. The van der Waals surface area contributed by atoms with Crippen molar-refractivity contribution in [1.82, 2.24) is 16.0 Å². The average Bonchev–Trinajstić information content (AvgIpc) is 2.60. The van der Waals surface area contributed by atoms with E-state index in [0.717, 1.165) is 0 Å². The zero-order valence-electron chi connectivity index (χ0n) is 15.9. The highest BCUT2D eigenvalue weighted by Crippen LogP contribution is 1.99. The minimum absolute atomic E-state index is 0.0655. The number of carboxylic acid groups (broad SMARTS) is 2. The van der Waals surface area contributed by atoms with Crippen LogP contribution >= 0.6 is 0 Å². The SMILES string of the molecule is CC(NC(=O)CNC(=O)C(N)CC(=O)O)C(=O)NC(CCCN=C(N)N)C(=O)O. The molecule has 3 atom stereocenters. The van der Waals surface area contributed by atoms with Gasteiger partial charge in [-0.2, -0.15) is 0 Å². The Morgan fingerprint density at radius 3 is 2.17 bits per heavy atom. The standard InChI is InChI=1S/C15H27N7O7/c1-7(21-10(23)6-20-13(27)8(16)5-11(24)25)12(26)22-9(14(28)29)3-2-4-19-15(17)18/h7-9H,2-6,16H2,1H3,(H,20,27)(H,21,23)(H,22,26)(H,24,25)(H,28,29)(H4,17,18,19). The highest BCUT2D eigenvalue weighted by molar-refractivity contribution is 5.92. The molecule has 0 aromatic carbocycles. The molecule has 0 aromatic rings. The molecule has 0 heterocycles. The zero-order chi connectivity index (χ0) is 22.6. The van der Waals surface area contributed by atoms with Gasteiger partial charge in [0.15, 0.2) is 5.96 Å². The van der Waals surface area contributed by atoms with Crippen LogP contribution in [0.5, 0.6) is 0 Å². The van der Waals surface area contributed by atoms with Crippen LogP contribution in [0.3, 0.4) is 0 Å². The molecule has 14 heteroatoms. The van der Waals surface area contributed by atoms with Crippen LogP contribution < -0.4 is 33.2 Å². The van der Waals surface area contributed by atoms with Crippen molar-refractivity contribution < 1.29 is 34.2 Å². The molecule has 0 fully saturated rings. The van der Waals surface area contributed by atoms with Gasteiger partial charge in [0.25, 0.3) is 0 Å². The van der Waals surface area contributed by atoms with Gasteiger partial charge in [-0.1, -0.05) is 0 Å². The maximum Gasteiger partial charge on any atom is 0.326 e. The van der Waals surface area contributed by atoms with E-state index in [1.54, 1.807) is 0 Å². The summed E-state index contributed by atoms with van der Waals surface area (Å²) in [7, 11) is 0. The Morgan fingerprint density at radius 1 is 1.03 bits per heavy atom. The molecular weight excluding hydrogens is 390 g/mol. The third-order valence-corrected chi connectivity index (χ3v) is 3.49. The molecule has 3 unspecified atom stereocenters. The van der Waals surface area contributed by atoms with Crippen molar-refractivity contribution in [2.45, 2.75) is 44.3 Å². The lowest BCUT2D eigenvalue weighted by atomic mass is 10.1. The Hall–Kier alpha value is -3.42. The number of carbonyl (C=O) groups is 5. The van der Waals surface area contributed by atoms with Crippen LogP contribution in [0, 0.1) is 0 Å². The Balaban J connectivity index is 4.45. The third-order valence-electron chi connectivity index (χ3n) is 3.49. The van der Waals surface area contributed by atoms with Crippen molar-refractivity contribution >= 4 is 35.6 Å². The van der Waals surface area contributed by atoms with E-state index < -0.39 is 60.8 Å². The van der Waals surface area contributed by atoms with Crippen molar-refractivity contribution in [2.75, 3.05) is 13.1 Å². The molecule has 3 amide bonds. The minimum Gasteiger partial charge on any atom is -0.481 e. The Labute approximate surface area is 166 Å². The van der Waals surface area contributed by atoms with Gasteiger partial charge in [-0.25, -0.2) is 4.79 Å². The Morgan fingerprint density at radius 2 is 1.66 bits per heavy atom. The lowest BCUT2D eigenvalue weighted by molar-refractivity contribution is -0.142. The minimum atomic E-state index is -1.32. The summed E-state index contributed by atoms with van der Waals surface area (Å²) in [5.74, 6) is -5.00. The fourth-order valence-electron chi connectivity index (χ4n) is 2.00. The number of hydrogen-bond donors (Lipinski definition) is 8. The molecule has 0 rings (SSSR count). The van der Waals surface area contributed by atoms with Crippen molar-refractivity contribution in [2.24, 2.45) is 22.2 Å². The predicted molar refractivity (Wildman–Crippen MR) is 100 cm³/mol. The fourth-order valence-corrected chi connectivity index (χ4v) is 2.00. The first-order chi connectivity index (χ1) is 13.4. The van der Waals surface area contributed by atoms with Gasteiger partial charge in [0, 0.05) is 6.54 Å². The molecule has 14 nitrogen and oxygen atoms in total. The summed E-state index contributed by atoms with van der Waals surface area (Å²) >= 11 is 0. The lowest BCUT2D eigenvalue weighted by Gasteiger charge is -2.19. The fraction of sp³-hybridized carbons (Fsp3) is 0.600. The first-order valence-electron chi connectivity index (χ1n) is 8.57. The van der Waals surface area contributed by atoms with Gasteiger partial charge in [-0.15, -0.1) is 0 Å². The number of aliphatic imine (C=N–C) groups is 1. The molecule has 0 bridgehead atoms. The van der Waals surface area contributed by atoms with Gasteiger partial charge < -0.3 is 43.4 Å². The smallest absolute Gasteiger partial charge is 0.326 e. The van der Waals surface area contributed by atoms with Crippen LogP contribution in [-0.2, 0) is 24.0 Å². The molecule has 0 saturated heterocycles. The molecule has 0 aliphatic rings. The van der Waals surface area contributed by atoms with E-state index in [1.165, 1.54) is 6.92 Å². The summed E-state index contributed by atoms with van der Waals surface area (Å²) in [6.45, 7) is 0.978. The van der Waals surface area contributed by atoms with Crippen molar-refractivity contribution in [1.29, 1.82) is 0 Å². The van der Waals surface area contributed by atoms with Crippen LogP contribution in [0.2, 0.25) is 0 Å². The quantitative estimate of drug-likeness (QED) is 0.0819. The molecule has 0 radical (unpaired) electrons. The number of hydrogen-bond acceptors (Lipinski definition) is 7. The van der Waals surface area contributed by atoms with E-state index in [2.05, 4.69) is 20.9 Å². The normalized spacial score (nSPS) is 13.3. The maximum absolute atomic E-state index is 12.1. The highest BCUT2D eigenvalue weighted by Gasteiger charge is 2.24. The van der Waals surface area contributed by atoms with Gasteiger partial charge in [0.2, 0.25) is 17.7 Å². The number of rotatable bonds is 13. The van der Waals surface area contributed by atoms with E-state index in [0.29, 0.717) is 6.42 Å². The number of carboxylic acids is 2. The second-order valence-corrected chi connectivity index (χ2v) is 6.06. The molecule has 0 aliphatic carbocycles. The predicted octanol–water partition coefficient (Wildman–Crippen LogP) is -3.97. The number of guanidine groups is 1. The zero-order valence-corrected chi connectivity index (χ0v) is 15.9. The summed E-state index contributed by atoms with van der Waals surface area (Å²) in [4.78, 5) is 60.8. The van der Waals surface area contributed by atoms with Crippen LogP contribution in [0.25, 0.3) is 0 Å². The highest BCUT2D eigenvalue weighted by atomic mass is 16.4. The largest absolute Gasteiger partial charge is 0.481 e. The van der Waals surface area contributed by atoms with E-state index >= 15 is 0 Å². The summed E-state index contributed by atoms with van der Waals surface area (Å²) < 4.78 is 0. The van der Waals surface area contributed by atoms with E-state index in [9.17, 15) is 24.0 Å². The maximum atomic E-state index is 12.1. The Bertz CT molecular complexity index is 649. The van der Waals surface area contributed by atoms with Crippen molar-refractivity contribution in [3.8, 4) is 0 Å². The molecule has 0 aromatic heterocycles. The first kappa shape index (κ1) is 25.6. The summed E-state index contributed by atoms with van der Waals surface area (Å²) in [6, 6.07) is -3.62. The number of aliphatic carboxylic acids is 2.